The summed E-state index contributed by atoms with van der Waals surface area (Å²) in [6, 6.07) is 30.7. The van der Waals surface area contributed by atoms with E-state index in [2.05, 4.69) is 28.7 Å². The molecule has 0 fully saturated rings. The Morgan fingerprint density at radius 1 is 0.767 bits per heavy atom. The Hall–Kier alpha value is -3.31. The van der Waals surface area contributed by atoms with Crippen molar-refractivity contribution in [3.8, 4) is 0 Å². The third-order valence-corrected chi connectivity index (χ3v) is 6.47. The van der Waals surface area contributed by atoms with Gasteiger partial charge in [0.15, 0.2) is 0 Å². The van der Waals surface area contributed by atoms with E-state index < -0.39 is 10.0 Å². The summed E-state index contributed by atoms with van der Waals surface area (Å²) in [4.78, 5) is 2.50. The van der Waals surface area contributed by atoms with Crippen molar-refractivity contribution in [2.75, 3.05) is 16.2 Å². The van der Waals surface area contributed by atoms with E-state index in [-0.39, 0.29) is 4.90 Å². The van der Waals surface area contributed by atoms with Crippen molar-refractivity contribution in [1.82, 2.24) is 0 Å². The van der Waals surface area contributed by atoms with Gasteiger partial charge in [0.1, 0.15) is 0 Å². The predicted molar refractivity (Wildman–Crippen MR) is 124 cm³/mol. The number of hydrogen-bond acceptors (Lipinski definition) is 3. The Kier molecular flexibility index (Phi) is 5.72. The summed E-state index contributed by atoms with van der Waals surface area (Å²) in [5.74, 6) is 0. The highest BCUT2D eigenvalue weighted by Gasteiger charge is 2.15. The molecule has 0 saturated carbocycles. The van der Waals surface area contributed by atoms with E-state index in [1.165, 1.54) is 0 Å². The Morgan fingerprint density at radius 3 is 2.27 bits per heavy atom. The molecule has 0 saturated heterocycles. The monoisotopic (exact) mass is 416 g/mol. The van der Waals surface area contributed by atoms with Crippen LogP contribution in [-0.2, 0) is 16.6 Å². The van der Waals surface area contributed by atoms with E-state index in [1.807, 2.05) is 66.7 Å². The molecule has 0 aliphatic rings. The zero-order chi connectivity index (χ0) is 21.0. The molecular weight excluding hydrogens is 392 g/mol. The van der Waals surface area contributed by atoms with Gasteiger partial charge in [0.2, 0.25) is 0 Å². The summed E-state index contributed by atoms with van der Waals surface area (Å²) in [6.45, 7) is 3.67. The summed E-state index contributed by atoms with van der Waals surface area (Å²) in [5, 5.41) is 1.91. The molecule has 0 heterocycles. The lowest BCUT2D eigenvalue weighted by molar-refractivity contribution is 0.601. The van der Waals surface area contributed by atoms with Crippen molar-refractivity contribution < 1.29 is 8.42 Å². The van der Waals surface area contributed by atoms with Gasteiger partial charge in [-0.2, -0.15) is 0 Å². The number of fused-ring (bicyclic) bond motifs is 1. The predicted octanol–water partition coefficient (Wildman–Crippen LogP) is 5.67. The minimum Gasteiger partial charge on any atom is -0.367 e. The van der Waals surface area contributed by atoms with Crippen LogP contribution in [0.25, 0.3) is 10.8 Å². The fourth-order valence-corrected chi connectivity index (χ4v) is 4.61. The summed E-state index contributed by atoms with van der Waals surface area (Å²) >= 11 is 0. The van der Waals surface area contributed by atoms with Gasteiger partial charge in [-0.1, -0.05) is 60.7 Å². The molecule has 5 heteroatoms. The first-order valence-electron chi connectivity index (χ1n) is 9.96. The maximum Gasteiger partial charge on any atom is 0.261 e. The van der Waals surface area contributed by atoms with Crippen LogP contribution < -0.4 is 9.62 Å². The number of benzene rings is 4. The van der Waals surface area contributed by atoms with Gasteiger partial charge in [-0.15, -0.1) is 0 Å². The number of sulfonamides is 1. The van der Waals surface area contributed by atoms with Crippen LogP contribution in [0.15, 0.2) is 102 Å². The van der Waals surface area contributed by atoms with E-state index in [4.69, 9.17) is 0 Å². The first-order valence-corrected chi connectivity index (χ1v) is 11.4. The summed E-state index contributed by atoms with van der Waals surface area (Å²) in [7, 11) is -3.67. The van der Waals surface area contributed by atoms with E-state index in [0.29, 0.717) is 12.2 Å². The van der Waals surface area contributed by atoms with Crippen molar-refractivity contribution in [3.63, 3.8) is 0 Å². The van der Waals surface area contributed by atoms with E-state index in [1.54, 1.807) is 18.2 Å². The van der Waals surface area contributed by atoms with Gasteiger partial charge < -0.3 is 4.90 Å². The number of rotatable bonds is 7. The molecular formula is C25H24N2O2S. The molecule has 30 heavy (non-hydrogen) atoms. The fraction of sp³-hybridized carbons (Fsp3) is 0.120. The van der Waals surface area contributed by atoms with Gasteiger partial charge in [-0.3, -0.25) is 4.72 Å². The third-order valence-electron chi connectivity index (χ3n) is 5.09. The highest BCUT2D eigenvalue weighted by Crippen LogP contribution is 2.23. The number of hydrogen-bond donors (Lipinski definition) is 1. The quantitative estimate of drug-likeness (QED) is 0.422. The lowest BCUT2D eigenvalue weighted by Crippen LogP contribution is -2.22. The second kappa shape index (κ2) is 8.59. The van der Waals surface area contributed by atoms with Crippen LogP contribution in [0, 0.1) is 0 Å². The Bertz CT molecular complexity index is 1250. The molecule has 0 spiro atoms. The maximum absolute atomic E-state index is 12.9. The SMILES string of the molecule is CCN(Cc1cccc(NS(=O)(=O)c2ccc3ccccc3c2)c1)c1ccccc1. The van der Waals surface area contributed by atoms with Gasteiger partial charge in [-0.25, -0.2) is 8.42 Å². The molecule has 152 valence electrons. The van der Waals surface area contributed by atoms with Crippen LogP contribution in [0.1, 0.15) is 12.5 Å². The number of para-hydroxylation sites is 1. The molecule has 0 aromatic heterocycles. The Labute approximate surface area is 177 Å². The van der Waals surface area contributed by atoms with Gasteiger partial charge in [0.25, 0.3) is 10.0 Å². The zero-order valence-corrected chi connectivity index (χ0v) is 17.6. The second-order valence-electron chi connectivity index (χ2n) is 7.16. The minimum absolute atomic E-state index is 0.256. The molecule has 4 rings (SSSR count). The van der Waals surface area contributed by atoms with Gasteiger partial charge >= 0.3 is 0 Å². The number of nitrogens with one attached hydrogen (secondary N) is 1. The summed E-state index contributed by atoms with van der Waals surface area (Å²) in [6.07, 6.45) is 0. The van der Waals surface area contributed by atoms with Crippen molar-refractivity contribution >= 4 is 32.2 Å². The fourth-order valence-electron chi connectivity index (χ4n) is 3.53. The van der Waals surface area contributed by atoms with Crippen LogP contribution >= 0.6 is 0 Å². The molecule has 0 aliphatic heterocycles. The lowest BCUT2D eigenvalue weighted by atomic mass is 10.1. The van der Waals surface area contributed by atoms with Gasteiger partial charge in [0, 0.05) is 24.5 Å². The average molecular weight is 417 g/mol. The van der Waals surface area contributed by atoms with Crippen molar-refractivity contribution in [1.29, 1.82) is 0 Å². The molecule has 4 aromatic rings. The smallest absolute Gasteiger partial charge is 0.261 e. The number of anilines is 2. The first-order chi connectivity index (χ1) is 14.5. The molecule has 0 atom stereocenters. The first kappa shape index (κ1) is 20.0. The largest absolute Gasteiger partial charge is 0.367 e. The molecule has 0 unspecified atom stereocenters. The molecule has 1 N–H and O–H groups in total. The average Bonchev–Trinajstić information content (AvgIpc) is 2.77. The normalized spacial score (nSPS) is 11.4. The van der Waals surface area contributed by atoms with Crippen molar-refractivity contribution in [3.05, 3.63) is 103 Å². The lowest BCUT2D eigenvalue weighted by Gasteiger charge is -2.23. The standard InChI is InChI=1S/C25H24N2O2S/c1-2-27(24-13-4-3-5-14-24)19-20-9-8-12-23(17-20)26-30(28,29)25-16-15-21-10-6-7-11-22(21)18-25/h3-18,26H,2,19H2,1H3. The molecule has 0 amide bonds. The van der Waals surface area contributed by atoms with E-state index in [9.17, 15) is 8.42 Å². The van der Waals surface area contributed by atoms with Crippen molar-refractivity contribution in [2.45, 2.75) is 18.4 Å². The number of nitrogens with zero attached hydrogens (tertiary/aromatic N) is 1. The molecule has 0 radical (unpaired) electrons. The summed E-state index contributed by atoms with van der Waals surface area (Å²) < 4.78 is 28.6. The maximum atomic E-state index is 12.9. The second-order valence-corrected chi connectivity index (χ2v) is 8.85. The Morgan fingerprint density at radius 2 is 1.50 bits per heavy atom. The third kappa shape index (κ3) is 4.47. The topological polar surface area (TPSA) is 49.4 Å². The van der Waals surface area contributed by atoms with Gasteiger partial charge in [-0.05, 0) is 59.7 Å². The summed E-state index contributed by atoms with van der Waals surface area (Å²) in [5.41, 5.74) is 2.74. The highest BCUT2D eigenvalue weighted by atomic mass is 32.2. The van der Waals surface area contributed by atoms with Crippen LogP contribution in [0.5, 0.6) is 0 Å². The molecule has 0 aliphatic carbocycles. The minimum atomic E-state index is -3.67. The van der Waals surface area contributed by atoms with Crippen LogP contribution in [0.4, 0.5) is 11.4 Å². The van der Waals surface area contributed by atoms with E-state index in [0.717, 1.165) is 28.6 Å². The zero-order valence-electron chi connectivity index (χ0n) is 16.8. The van der Waals surface area contributed by atoms with Crippen molar-refractivity contribution in [2.24, 2.45) is 0 Å². The molecule has 4 aromatic carbocycles. The highest BCUT2D eigenvalue weighted by molar-refractivity contribution is 7.92. The van der Waals surface area contributed by atoms with Gasteiger partial charge in [0.05, 0.1) is 4.90 Å². The van der Waals surface area contributed by atoms with E-state index >= 15 is 0 Å². The molecule has 4 nitrogen and oxygen atoms in total. The van der Waals surface area contributed by atoms with Crippen LogP contribution in [0.2, 0.25) is 0 Å². The van der Waals surface area contributed by atoms with Crippen LogP contribution in [-0.4, -0.2) is 15.0 Å². The van der Waals surface area contributed by atoms with Crippen LogP contribution in [0.3, 0.4) is 0 Å². The Balaban J connectivity index is 1.55. The molecule has 0 bridgehead atoms.